The molecule has 0 radical (unpaired) electrons. The average Bonchev–Trinajstić information content (AvgIpc) is 2.05. The Hall–Kier alpha value is 0.0969. The third kappa shape index (κ3) is 9.92. The maximum absolute atomic E-state index is 6.37. The van der Waals surface area contributed by atoms with E-state index in [0.29, 0.717) is 0 Å². The molecular formula is C16H36O3Si. The molecule has 122 valence electrons. The highest BCUT2D eigenvalue weighted by atomic mass is 28.4. The van der Waals surface area contributed by atoms with Gasteiger partial charge in [-0.15, -0.1) is 0 Å². The quantitative estimate of drug-likeness (QED) is 0.633. The molecule has 0 amide bonds. The van der Waals surface area contributed by atoms with Crippen molar-refractivity contribution in [3.05, 3.63) is 0 Å². The predicted octanol–water partition coefficient (Wildman–Crippen LogP) is 5.17. The van der Waals surface area contributed by atoms with Gasteiger partial charge in [-0.1, -0.05) is 13.3 Å². The highest BCUT2D eigenvalue weighted by Gasteiger charge is 2.49. The Morgan fingerprint density at radius 2 is 0.950 bits per heavy atom. The summed E-state index contributed by atoms with van der Waals surface area (Å²) >= 11 is 0. The lowest BCUT2D eigenvalue weighted by atomic mass is 10.2. The van der Waals surface area contributed by atoms with Crippen LogP contribution in [0, 0.1) is 0 Å². The van der Waals surface area contributed by atoms with E-state index in [1.165, 1.54) is 0 Å². The van der Waals surface area contributed by atoms with Gasteiger partial charge < -0.3 is 13.3 Å². The van der Waals surface area contributed by atoms with Gasteiger partial charge in [0.1, 0.15) is 0 Å². The molecule has 0 N–H and O–H groups in total. The molecule has 0 atom stereocenters. The highest BCUT2D eigenvalue weighted by Crippen LogP contribution is 2.32. The second kappa shape index (κ2) is 6.90. The number of hydrogen-bond donors (Lipinski definition) is 0. The minimum absolute atomic E-state index is 0.267. The van der Waals surface area contributed by atoms with E-state index >= 15 is 0 Å². The van der Waals surface area contributed by atoms with E-state index < -0.39 is 8.80 Å². The van der Waals surface area contributed by atoms with Crippen molar-refractivity contribution in [2.75, 3.05) is 0 Å². The van der Waals surface area contributed by atoms with Crippen molar-refractivity contribution in [1.29, 1.82) is 0 Å². The molecule has 3 nitrogen and oxygen atoms in total. The zero-order valence-electron chi connectivity index (χ0n) is 15.3. The summed E-state index contributed by atoms with van der Waals surface area (Å²) in [6.07, 6.45) is 2.18. The summed E-state index contributed by atoms with van der Waals surface area (Å²) in [7, 11) is -2.72. The predicted molar refractivity (Wildman–Crippen MR) is 88.0 cm³/mol. The van der Waals surface area contributed by atoms with Crippen molar-refractivity contribution >= 4 is 8.80 Å². The zero-order chi connectivity index (χ0) is 16.2. The monoisotopic (exact) mass is 304 g/mol. The Morgan fingerprint density at radius 1 is 0.650 bits per heavy atom. The van der Waals surface area contributed by atoms with Crippen LogP contribution < -0.4 is 0 Å². The molecule has 0 aliphatic heterocycles. The Kier molecular flexibility index (Phi) is 6.94. The fourth-order valence-electron chi connectivity index (χ4n) is 2.01. The van der Waals surface area contributed by atoms with Gasteiger partial charge >= 0.3 is 8.80 Å². The zero-order valence-corrected chi connectivity index (χ0v) is 16.3. The third-order valence-corrected chi connectivity index (χ3v) is 5.96. The van der Waals surface area contributed by atoms with Gasteiger partial charge in [0.2, 0.25) is 0 Å². The lowest BCUT2D eigenvalue weighted by Gasteiger charge is -2.43. The van der Waals surface area contributed by atoms with Crippen molar-refractivity contribution < 1.29 is 13.3 Å². The molecule has 0 aromatic heterocycles. The van der Waals surface area contributed by atoms with Gasteiger partial charge in [-0.05, 0) is 68.7 Å². The normalized spacial score (nSPS) is 14.7. The van der Waals surface area contributed by atoms with Crippen LogP contribution in [0.1, 0.15) is 82.1 Å². The van der Waals surface area contributed by atoms with E-state index in [0.717, 1.165) is 18.9 Å². The lowest BCUT2D eigenvalue weighted by molar-refractivity contribution is -0.0754. The highest BCUT2D eigenvalue weighted by molar-refractivity contribution is 6.61. The molecule has 4 heteroatoms. The first-order chi connectivity index (χ1) is 8.68. The van der Waals surface area contributed by atoms with Crippen molar-refractivity contribution in [1.82, 2.24) is 0 Å². The number of rotatable bonds is 6. The maximum atomic E-state index is 6.37. The third-order valence-electron chi connectivity index (χ3n) is 2.22. The molecule has 0 aliphatic rings. The van der Waals surface area contributed by atoms with Crippen LogP contribution >= 0.6 is 0 Å². The first-order valence-corrected chi connectivity index (χ1v) is 9.72. The molecule has 0 heterocycles. The first kappa shape index (κ1) is 20.1. The molecule has 0 saturated heterocycles. The van der Waals surface area contributed by atoms with Gasteiger partial charge in [0, 0.05) is 6.04 Å². The van der Waals surface area contributed by atoms with Crippen LogP contribution in [0.3, 0.4) is 0 Å². The molecule has 0 rings (SSSR count). The van der Waals surface area contributed by atoms with E-state index in [4.69, 9.17) is 13.3 Å². The van der Waals surface area contributed by atoms with Crippen LogP contribution in [0.5, 0.6) is 0 Å². The summed E-state index contributed by atoms with van der Waals surface area (Å²) in [6, 6.07) is 0.870. The van der Waals surface area contributed by atoms with Crippen LogP contribution in [-0.2, 0) is 13.3 Å². The van der Waals surface area contributed by atoms with Crippen LogP contribution in [0.25, 0.3) is 0 Å². The summed E-state index contributed by atoms with van der Waals surface area (Å²) in [5, 5.41) is 0. The van der Waals surface area contributed by atoms with E-state index in [-0.39, 0.29) is 16.8 Å². The second-order valence-electron chi connectivity index (χ2n) is 8.43. The van der Waals surface area contributed by atoms with Gasteiger partial charge in [0.25, 0.3) is 0 Å². The topological polar surface area (TPSA) is 27.7 Å². The molecule has 20 heavy (non-hydrogen) atoms. The van der Waals surface area contributed by atoms with Gasteiger partial charge in [-0.3, -0.25) is 0 Å². The molecule has 0 bridgehead atoms. The van der Waals surface area contributed by atoms with E-state index in [2.05, 4.69) is 69.2 Å². The largest absolute Gasteiger partial charge is 0.502 e. The molecule has 0 unspecified atom stereocenters. The Morgan fingerprint density at radius 3 is 1.15 bits per heavy atom. The molecular weight excluding hydrogens is 268 g/mol. The summed E-state index contributed by atoms with van der Waals surface area (Å²) in [4.78, 5) is 0. The molecule has 0 aromatic rings. The van der Waals surface area contributed by atoms with Crippen LogP contribution in [0.2, 0.25) is 6.04 Å². The van der Waals surface area contributed by atoms with Crippen molar-refractivity contribution in [2.24, 2.45) is 0 Å². The van der Waals surface area contributed by atoms with Crippen molar-refractivity contribution in [2.45, 2.75) is 105 Å². The molecule has 0 saturated carbocycles. The fraction of sp³-hybridized carbons (Fsp3) is 1.00. The Labute approximate surface area is 127 Å². The summed E-state index contributed by atoms with van der Waals surface area (Å²) in [6.45, 7) is 20.8. The molecule has 0 spiro atoms. The summed E-state index contributed by atoms with van der Waals surface area (Å²) in [5.41, 5.74) is -0.802. The van der Waals surface area contributed by atoms with Crippen LogP contribution in [0.4, 0.5) is 0 Å². The van der Waals surface area contributed by atoms with E-state index in [9.17, 15) is 0 Å². The standard InChI is InChI=1S/C16H36O3Si/c1-11-12-13-20(17-14(2,3)4,18-15(5,6)7)19-16(8,9)10/h11-13H2,1-10H3. The maximum Gasteiger partial charge on any atom is 0.502 e. The average molecular weight is 305 g/mol. The minimum atomic E-state index is -2.72. The summed E-state index contributed by atoms with van der Waals surface area (Å²) in [5.74, 6) is 0. The second-order valence-corrected chi connectivity index (χ2v) is 10.9. The Balaban J connectivity index is 5.38. The van der Waals surface area contributed by atoms with Gasteiger partial charge in [0.05, 0.1) is 16.8 Å². The minimum Gasteiger partial charge on any atom is -0.368 e. The molecule has 0 aromatic carbocycles. The first-order valence-electron chi connectivity index (χ1n) is 7.79. The van der Waals surface area contributed by atoms with Gasteiger partial charge in [0.15, 0.2) is 0 Å². The van der Waals surface area contributed by atoms with Crippen molar-refractivity contribution in [3.63, 3.8) is 0 Å². The smallest absolute Gasteiger partial charge is 0.368 e. The Bertz CT molecular complexity index is 241. The van der Waals surface area contributed by atoms with Crippen LogP contribution in [-0.4, -0.2) is 25.6 Å². The van der Waals surface area contributed by atoms with Crippen molar-refractivity contribution in [3.8, 4) is 0 Å². The number of hydrogen-bond acceptors (Lipinski definition) is 3. The van der Waals surface area contributed by atoms with Gasteiger partial charge in [-0.2, -0.15) is 0 Å². The van der Waals surface area contributed by atoms with Crippen LogP contribution in [0.15, 0.2) is 0 Å². The fourth-order valence-corrected chi connectivity index (χ4v) is 6.03. The van der Waals surface area contributed by atoms with E-state index in [1.54, 1.807) is 0 Å². The lowest BCUT2D eigenvalue weighted by Crippen LogP contribution is -2.57. The number of unbranched alkanes of at least 4 members (excludes halogenated alkanes) is 1. The SMILES string of the molecule is CCCC[Si](OC(C)(C)C)(OC(C)(C)C)OC(C)(C)C. The summed E-state index contributed by atoms with van der Waals surface area (Å²) < 4.78 is 19.1. The molecule has 0 fully saturated rings. The van der Waals surface area contributed by atoms with E-state index in [1.807, 2.05) is 0 Å². The van der Waals surface area contributed by atoms with Gasteiger partial charge in [-0.25, -0.2) is 0 Å². The molecule has 0 aliphatic carbocycles.